The molecular formula is C23H34O3. The van der Waals surface area contributed by atoms with Crippen LogP contribution in [-0.4, -0.2) is 23.3 Å². The van der Waals surface area contributed by atoms with Gasteiger partial charge in [-0.2, -0.15) is 0 Å². The molecule has 5 fully saturated rings. The van der Waals surface area contributed by atoms with Crippen LogP contribution < -0.4 is 0 Å². The summed E-state index contributed by atoms with van der Waals surface area (Å²) in [5, 5.41) is 10.3. The van der Waals surface area contributed by atoms with Crippen molar-refractivity contribution in [3.63, 3.8) is 0 Å². The highest BCUT2D eigenvalue weighted by atomic mass is 16.3. The molecule has 3 unspecified atom stereocenters. The molecule has 5 aliphatic rings. The fourth-order valence-electron chi connectivity index (χ4n) is 8.19. The van der Waals surface area contributed by atoms with Crippen LogP contribution in [0.2, 0.25) is 0 Å². The van der Waals surface area contributed by atoms with E-state index in [1.165, 1.54) is 6.42 Å². The number of fused-ring (bicyclic) bond motifs is 3. The monoisotopic (exact) mass is 358 g/mol. The van der Waals surface area contributed by atoms with Crippen molar-refractivity contribution in [1.29, 1.82) is 0 Å². The van der Waals surface area contributed by atoms with Gasteiger partial charge in [-0.1, -0.05) is 40.2 Å². The minimum Gasteiger partial charge on any atom is -0.396 e. The summed E-state index contributed by atoms with van der Waals surface area (Å²) in [6.07, 6.45) is 8.01. The van der Waals surface area contributed by atoms with E-state index in [1.807, 2.05) is 0 Å². The Balaban J connectivity index is 1.94. The van der Waals surface area contributed by atoms with Gasteiger partial charge in [-0.05, 0) is 72.7 Å². The van der Waals surface area contributed by atoms with Gasteiger partial charge in [0.25, 0.3) is 0 Å². The molecule has 1 spiro atoms. The topological polar surface area (TPSA) is 54.4 Å². The predicted molar refractivity (Wildman–Crippen MR) is 101 cm³/mol. The number of rotatable bonds is 3. The molecule has 0 aromatic carbocycles. The Morgan fingerprint density at radius 1 is 1.15 bits per heavy atom. The summed E-state index contributed by atoms with van der Waals surface area (Å²) in [4.78, 5) is 27.2. The first-order chi connectivity index (χ1) is 12.3. The van der Waals surface area contributed by atoms with E-state index in [0.717, 1.165) is 38.5 Å². The number of carbonyl (C=O) groups excluding carboxylic acids is 2. The molecular weight excluding hydrogens is 324 g/mol. The molecule has 5 saturated carbocycles. The molecule has 3 nitrogen and oxygen atoms in total. The Labute approximate surface area is 157 Å². The molecule has 2 bridgehead atoms. The lowest BCUT2D eigenvalue weighted by atomic mass is 9.33. The highest BCUT2D eigenvalue weighted by molar-refractivity contribution is 6.17. The lowest BCUT2D eigenvalue weighted by Gasteiger charge is -2.69. The molecule has 0 amide bonds. The highest BCUT2D eigenvalue weighted by Crippen LogP contribution is 2.72. The van der Waals surface area contributed by atoms with Crippen LogP contribution in [0.4, 0.5) is 0 Å². The van der Waals surface area contributed by atoms with Gasteiger partial charge in [0.15, 0.2) is 11.6 Å². The lowest BCUT2D eigenvalue weighted by molar-refractivity contribution is -0.207. The second-order valence-corrected chi connectivity index (χ2v) is 9.93. The van der Waals surface area contributed by atoms with E-state index < -0.39 is 5.41 Å². The Morgan fingerprint density at radius 2 is 1.88 bits per heavy atom. The van der Waals surface area contributed by atoms with Crippen LogP contribution in [-0.2, 0) is 9.59 Å². The second kappa shape index (κ2) is 5.77. The van der Waals surface area contributed by atoms with E-state index in [-0.39, 0.29) is 52.7 Å². The number of Topliss-reactive ketones (excluding diaryl/α,β-unsaturated/α-hetero) is 2. The molecule has 0 aromatic heterocycles. The maximum atomic E-state index is 13.8. The Hall–Kier alpha value is -0.960. The number of allylic oxidation sites excluding steroid dienone is 1. The van der Waals surface area contributed by atoms with E-state index in [2.05, 4.69) is 27.4 Å². The first kappa shape index (κ1) is 18.4. The fourth-order valence-corrected chi connectivity index (χ4v) is 8.19. The SMILES string of the molecule is C=C1C(=O)C23CC[C@H]1CC2[C@]1(CC)CCC[C@@](C)(CC)C1[C@H](CO)C3=O. The molecule has 0 aromatic rings. The van der Waals surface area contributed by atoms with Crippen molar-refractivity contribution >= 4 is 11.6 Å². The third kappa shape index (κ3) is 1.89. The summed E-state index contributed by atoms with van der Waals surface area (Å²) >= 11 is 0. The Morgan fingerprint density at radius 3 is 2.50 bits per heavy atom. The van der Waals surface area contributed by atoms with Gasteiger partial charge in [0, 0.05) is 5.92 Å². The van der Waals surface area contributed by atoms with Crippen molar-refractivity contribution in [3.05, 3.63) is 12.2 Å². The molecule has 144 valence electrons. The summed E-state index contributed by atoms with van der Waals surface area (Å²) in [5.41, 5.74) is -0.0939. The van der Waals surface area contributed by atoms with Crippen LogP contribution in [0, 0.1) is 39.9 Å². The molecule has 5 rings (SSSR count). The number of carbonyl (C=O) groups is 2. The van der Waals surface area contributed by atoms with Gasteiger partial charge < -0.3 is 5.11 Å². The summed E-state index contributed by atoms with van der Waals surface area (Å²) in [6, 6.07) is 0. The number of hydrogen-bond donors (Lipinski definition) is 1. The van der Waals surface area contributed by atoms with Gasteiger partial charge in [0.05, 0.1) is 12.0 Å². The Kier molecular flexibility index (Phi) is 4.08. The van der Waals surface area contributed by atoms with Gasteiger partial charge in [-0.15, -0.1) is 0 Å². The van der Waals surface area contributed by atoms with Crippen LogP contribution in [0.1, 0.15) is 72.1 Å². The van der Waals surface area contributed by atoms with Crippen LogP contribution >= 0.6 is 0 Å². The van der Waals surface area contributed by atoms with E-state index in [0.29, 0.717) is 12.0 Å². The van der Waals surface area contributed by atoms with Gasteiger partial charge in [0.1, 0.15) is 0 Å². The highest BCUT2D eigenvalue weighted by Gasteiger charge is 2.73. The van der Waals surface area contributed by atoms with Crippen molar-refractivity contribution in [1.82, 2.24) is 0 Å². The van der Waals surface area contributed by atoms with E-state index >= 15 is 0 Å². The molecule has 0 radical (unpaired) electrons. The number of ketones is 2. The third-order valence-corrected chi connectivity index (χ3v) is 9.49. The Bertz CT molecular complexity index is 666. The van der Waals surface area contributed by atoms with Crippen molar-refractivity contribution in [2.75, 3.05) is 6.61 Å². The van der Waals surface area contributed by atoms with E-state index in [4.69, 9.17) is 0 Å². The fraction of sp³-hybridized carbons (Fsp3) is 0.826. The van der Waals surface area contributed by atoms with Crippen LogP contribution in [0.25, 0.3) is 0 Å². The normalized spacial score (nSPS) is 50.5. The molecule has 3 heteroatoms. The zero-order chi connectivity index (χ0) is 18.9. The average molecular weight is 359 g/mol. The smallest absolute Gasteiger partial charge is 0.172 e. The first-order valence-electron chi connectivity index (χ1n) is 10.7. The first-order valence-corrected chi connectivity index (χ1v) is 10.7. The average Bonchev–Trinajstić information content (AvgIpc) is 2.66. The molecule has 26 heavy (non-hydrogen) atoms. The minimum absolute atomic E-state index is 0.0132. The number of aliphatic hydroxyl groups excluding tert-OH is 1. The van der Waals surface area contributed by atoms with Gasteiger partial charge in [-0.3, -0.25) is 9.59 Å². The molecule has 5 aliphatic carbocycles. The summed E-state index contributed by atoms with van der Waals surface area (Å²) in [7, 11) is 0. The van der Waals surface area contributed by atoms with Crippen molar-refractivity contribution < 1.29 is 14.7 Å². The lowest BCUT2D eigenvalue weighted by Crippen LogP contribution is -2.70. The van der Waals surface area contributed by atoms with Crippen LogP contribution in [0.3, 0.4) is 0 Å². The molecule has 0 heterocycles. The van der Waals surface area contributed by atoms with E-state index in [1.54, 1.807) is 0 Å². The van der Waals surface area contributed by atoms with Crippen molar-refractivity contribution in [2.45, 2.75) is 72.1 Å². The van der Waals surface area contributed by atoms with Gasteiger partial charge in [-0.25, -0.2) is 0 Å². The van der Waals surface area contributed by atoms with E-state index in [9.17, 15) is 14.7 Å². The van der Waals surface area contributed by atoms with Crippen LogP contribution in [0.15, 0.2) is 12.2 Å². The predicted octanol–water partition coefficient (Wildman–Crippen LogP) is 4.33. The standard InChI is InChI=1S/C23H34O3/c1-5-21(4)9-7-10-22(6-2)17-12-15-8-11-23(17,19(25)14(15)3)20(26)16(13-24)18(21)22/h15-18,24H,3,5-13H2,1-2,4H3/t15-,16-,17?,18?,21+,22-,23?/m0/s1. The molecule has 1 N–H and O–H groups in total. The maximum Gasteiger partial charge on any atom is 0.172 e. The maximum absolute atomic E-state index is 13.8. The number of aliphatic hydroxyl groups is 1. The number of hydrogen-bond acceptors (Lipinski definition) is 3. The zero-order valence-electron chi connectivity index (χ0n) is 16.6. The quantitative estimate of drug-likeness (QED) is 0.603. The molecule has 0 saturated heterocycles. The molecule has 0 aliphatic heterocycles. The summed E-state index contributed by atoms with van der Waals surface area (Å²) in [6.45, 7) is 10.8. The molecule has 7 atom stereocenters. The third-order valence-electron chi connectivity index (χ3n) is 9.49. The van der Waals surface area contributed by atoms with Gasteiger partial charge in [0.2, 0.25) is 0 Å². The zero-order valence-corrected chi connectivity index (χ0v) is 16.6. The largest absolute Gasteiger partial charge is 0.396 e. The van der Waals surface area contributed by atoms with Gasteiger partial charge >= 0.3 is 0 Å². The van der Waals surface area contributed by atoms with Crippen molar-refractivity contribution in [3.8, 4) is 0 Å². The van der Waals surface area contributed by atoms with Crippen molar-refractivity contribution in [2.24, 2.45) is 39.9 Å². The summed E-state index contributed by atoms with van der Waals surface area (Å²) in [5.74, 6) is 0.332. The summed E-state index contributed by atoms with van der Waals surface area (Å²) < 4.78 is 0. The second-order valence-electron chi connectivity index (χ2n) is 9.93. The van der Waals surface area contributed by atoms with Crippen LogP contribution in [0.5, 0.6) is 0 Å². The minimum atomic E-state index is -0.877.